The average Bonchev–Trinajstić information content (AvgIpc) is 2.86. The summed E-state index contributed by atoms with van der Waals surface area (Å²) in [6.07, 6.45) is 0. The number of primary amides is 1. The van der Waals surface area contributed by atoms with Gasteiger partial charge in [0.05, 0.1) is 59.5 Å². The molecule has 0 atom stereocenters. The number of hydrogen-bond acceptors (Lipinski definition) is 11. The van der Waals surface area contributed by atoms with Gasteiger partial charge in [-0.1, -0.05) is 0 Å². The monoisotopic (exact) mass is 538 g/mol. The molecule has 15 nitrogen and oxygen atoms in total. The zero-order chi connectivity index (χ0) is 27.4. The van der Waals surface area contributed by atoms with Crippen molar-refractivity contribution in [1.29, 1.82) is 0 Å². The van der Waals surface area contributed by atoms with Gasteiger partial charge in [0.15, 0.2) is 0 Å². The summed E-state index contributed by atoms with van der Waals surface area (Å²) in [5, 5.41) is 7.80. The van der Waals surface area contributed by atoms with Gasteiger partial charge in [0.25, 0.3) is 0 Å². The van der Waals surface area contributed by atoms with Crippen molar-refractivity contribution in [3.05, 3.63) is 0 Å². The van der Waals surface area contributed by atoms with Crippen molar-refractivity contribution in [2.45, 2.75) is 6.92 Å². The highest BCUT2D eigenvalue weighted by Crippen LogP contribution is 1.83. The van der Waals surface area contributed by atoms with Gasteiger partial charge in [-0.05, 0) is 6.92 Å². The SMILES string of the molecule is CCOCCOCCNC(=O)COCC(=O)NCCOCCOCCOCCNC(=O)COCC(N)=O. The zero-order valence-electron chi connectivity index (χ0n) is 21.6. The third kappa shape index (κ3) is 28.0. The number of nitrogens with two attached hydrogens (primary N) is 1. The van der Waals surface area contributed by atoms with Crippen LogP contribution >= 0.6 is 0 Å². The molecule has 15 heteroatoms. The van der Waals surface area contributed by atoms with Crippen LogP contribution in [0.1, 0.15) is 6.92 Å². The molecule has 0 radical (unpaired) electrons. The van der Waals surface area contributed by atoms with Gasteiger partial charge in [0.2, 0.25) is 23.6 Å². The number of rotatable bonds is 27. The summed E-state index contributed by atoms with van der Waals surface area (Å²) in [6.45, 7) is 5.90. The van der Waals surface area contributed by atoms with E-state index in [2.05, 4.69) is 16.0 Å². The molecule has 4 amide bonds. The molecule has 0 aromatic heterocycles. The summed E-state index contributed by atoms with van der Waals surface area (Å²) in [7, 11) is 0. The maximum absolute atomic E-state index is 11.7. The van der Waals surface area contributed by atoms with Crippen LogP contribution in [0.2, 0.25) is 0 Å². The molecule has 216 valence electrons. The van der Waals surface area contributed by atoms with Crippen molar-refractivity contribution in [2.24, 2.45) is 5.73 Å². The molecule has 5 N–H and O–H groups in total. The molecule has 37 heavy (non-hydrogen) atoms. The first kappa shape index (κ1) is 34.6. The molecule has 0 spiro atoms. The van der Waals surface area contributed by atoms with Crippen molar-refractivity contribution in [2.75, 3.05) is 112 Å². The van der Waals surface area contributed by atoms with Gasteiger partial charge >= 0.3 is 0 Å². The van der Waals surface area contributed by atoms with Crippen LogP contribution in [0.25, 0.3) is 0 Å². The molecule has 0 aliphatic heterocycles. The highest BCUT2D eigenvalue weighted by Gasteiger charge is 2.05. The summed E-state index contributed by atoms with van der Waals surface area (Å²) in [6, 6.07) is 0. The van der Waals surface area contributed by atoms with Crippen molar-refractivity contribution < 1.29 is 52.3 Å². The zero-order valence-corrected chi connectivity index (χ0v) is 21.6. The Morgan fingerprint density at radius 3 is 1.16 bits per heavy atom. The second-order valence-electron chi connectivity index (χ2n) is 7.15. The normalized spacial score (nSPS) is 10.7. The molecule has 0 fully saturated rings. The van der Waals surface area contributed by atoms with E-state index in [0.29, 0.717) is 85.7 Å². The lowest BCUT2D eigenvalue weighted by atomic mass is 10.5. The highest BCUT2D eigenvalue weighted by atomic mass is 16.5. The van der Waals surface area contributed by atoms with Crippen LogP contribution in [0.3, 0.4) is 0 Å². The standard InChI is InChI=1S/C22H42N4O11/c1-2-31-9-10-32-6-3-25-21(29)17-37-18-22(30)26-5-8-34-12-14-35-13-11-33-7-4-24-20(28)16-36-15-19(23)27/h2-18H2,1H3,(H2,23,27)(H,24,28)(H,25,29)(H,26,30). The van der Waals surface area contributed by atoms with Gasteiger partial charge in [-0.25, -0.2) is 0 Å². The molecule has 0 heterocycles. The molecular weight excluding hydrogens is 496 g/mol. The second kappa shape index (κ2) is 26.7. The van der Waals surface area contributed by atoms with E-state index in [4.69, 9.17) is 38.9 Å². The fraction of sp³-hybridized carbons (Fsp3) is 0.818. The summed E-state index contributed by atoms with van der Waals surface area (Å²) in [5.74, 6) is -1.68. The first-order valence-electron chi connectivity index (χ1n) is 12.1. The van der Waals surface area contributed by atoms with Crippen molar-refractivity contribution in [3.8, 4) is 0 Å². The lowest BCUT2D eigenvalue weighted by Crippen LogP contribution is -2.34. The van der Waals surface area contributed by atoms with Crippen molar-refractivity contribution >= 4 is 23.6 Å². The molecular formula is C22H42N4O11. The van der Waals surface area contributed by atoms with E-state index in [-0.39, 0.29) is 44.1 Å². The molecule has 0 aromatic carbocycles. The van der Waals surface area contributed by atoms with E-state index in [1.807, 2.05) is 6.92 Å². The lowest BCUT2D eigenvalue weighted by molar-refractivity contribution is -0.132. The number of carbonyl (C=O) groups excluding carboxylic acids is 4. The summed E-state index contributed by atoms with van der Waals surface area (Å²) >= 11 is 0. The Hall–Kier alpha value is -2.40. The maximum Gasteiger partial charge on any atom is 0.246 e. The first-order chi connectivity index (χ1) is 18.0. The van der Waals surface area contributed by atoms with Crippen LogP contribution in [-0.4, -0.2) is 136 Å². The Balaban J connectivity index is 3.32. The minimum Gasteiger partial charge on any atom is -0.379 e. The fourth-order valence-electron chi connectivity index (χ4n) is 2.33. The Morgan fingerprint density at radius 2 is 0.811 bits per heavy atom. The number of nitrogens with one attached hydrogen (secondary N) is 3. The third-order valence-corrected chi connectivity index (χ3v) is 3.97. The van der Waals surface area contributed by atoms with Crippen LogP contribution in [0.5, 0.6) is 0 Å². The molecule has 0 aliphatic carbocycles. The molecule has 0 saturated carbocycles. The number of hydrogen-bond donors (Lipinski definition) is 4. The highest BCUT2D eigenvalue weighted by molar-refractivity contribution is 5.79. The topological polar surface area (TPSA) is 195 Å². The Labute approximate surface area is 217 Å². The molecule has 0 unspecified atom stereocenters. The van der Waals surface area contributed by atoms with Gasteiger partial charge < -0.3 is 54.8 Å². The fourth-order valence-corrected chi connectivity index (χ4v) is 2.33. The second-order valence-corrected chi connectivity index (χ2v) is 7.15. The van der Waals surface area contributed by atoms with E-state index in [9.17, 15) is 19.2 Å². The van der Waals surface area contributed by atoms with E-state index >= 15 is 0 Å². The number of ether oxygens (including phenoxy) is 7. The van der Waals surface area contributed by atoms with Crippen LogP contribution in [-0.2, 0) is 52.3 Å². The summed E-state index contributed by atoms with van der Waals surface area (Å²) in [4.78, 5) is 45.1. The predicted molar refractivity (Wildman–Crippen MR) is 130 cm³/mol. The van der Waals surface area contributed by atoms with E-state index in [1.165, 1.54) is 0 Å². The van der Waals surface area contributed by atoms with E-state index in [0.717, 1.165) is 0 Å². The number of carbonyl (C=O) groups is 4. The maximum atomic E-state index is 11.7. The molecule has 0 rings (SSSR count). The van der Waals surface area contributed by atoms with Crippen LogP contribution in [0, 0.1) is 0 Å². The smallest absolute Gasteiger partial charge is 0.246 e. The predicted octanol–water partition coefficient (Wildman–Crippen LogP) is -3.04. The van der Waals surface area contributed by atoms with E-state index < -0.39 is 5.91 Å². The van der Waals surface area contributed by atoms with Gasteiger partial charge in [-0.15, -0.1) is 0 Å². The average molecular weight is 539 g/mol. The summed E-state index contributed by atoms with van der Waals surface area (Å²) in [5.41, 5.74) is 4.89. The Morgan fingerprint density at radius 1 is 0.486 bits per heavy atom. The first-order valence-corrected chi connectivity index (χ1v) is 12.1. The summed E-state index contributed by atoms with van der Waals surface area (Å²) < 4.78 is 36.2. The minimum absolute atomic E-state index is 0.216. The Kier molecular flexibility index (Phi) is 24.9. The van der Waals surface area contributed by atoms with E-state index in [1.54, 1.807) is 0 Å². The van der Waals surface area contributed by atoms with Crippen molar-refractivity contribution in [1.82, 2.24) is 16.0 Å². The van der Waals surface area contributed by atoms with Gasteiger partial charge in [-0.3, -0.25) is 19.2 Å². The van der Waals surface area contributed by atoms with Crippen molar-refractivity contribution in [3.63, 3.8) is 0 Å². The largest absolute Gasteiger partial charge is 0.379 e. The quantitative estimate of drug-likeness (QED) is 0.0776. The molecule has 0 aromatic rings. The van der Waals surface area contributed by atoms with Crippen LogP contribution in [0.4, 0.5) is 0 Å². The minimum atomic E-state index is -0.638. The molecule has 0 aliphatic rings. The van der Waals surface area contributed by atoms with Gasteiger partial charge in [0, 0.05) is 26.2 Å². The van der Waals surface area contributed by atoms with Crippen LogP contribution in [0.15, 0.2) is 0 Å². The van der Waals surface area contributed by atoms with Gasteiger partial charge in [0.1, 0.15) is 26.4 Å². The Bertz CT molecular complexity index is 611. The lowest BCUT2D eigenvalue weighted by Gasteiger charge is -2.09. The van der Waals surface area contributed by atoms with Gasteiger partial charge in [-0.2, -0.15) is 0 Å². The van der Waals surface area contributed by atoms with Crippen LogP contribution < -0.4 is 21.7 Å². The molecule has 0 saturated heterocycles. The molecule has 0 bridgehead atoms. The number of amides is 4. The third-order valence-electron chi connectivity index (χ3n) is 3.97.